The van der Waals surface area contributed by atoms with Crippen molar-refractivity contribution < 1.29 is 13.5 Å². The summed E-state index contributed by atoms with van der Waals surface area (Å²) in [6.45, 7) is 2.08. The molecule has 0 saturated carbocycles. The van der Waals surface area contributed by atoms with Crippen LogP contribution in [0.4, 0.5) is 5.82 Å². The zero-order valence-corrected chi connectivity index (χ0v) is 13.5. The van der Waals surface area contributed by atoms with Gasteiger partial charge in [-0.3, -0.25) is 0 Å². The predicted octanol–water partition coefficient (Wildman–Crippen LogP) is 1.54. The third kappa shape index (κ3) is 3.21. The van der Waals surface area contributed by atoms with Crippen LogP contribution in [0.1, 0.15) is 12.5 Å². The summed E-state index contributed by atoms with van der Waals surface area (Å²) in [7, 11) is -3.18. The van der Waals surface area contributed by atoms with Crippen LogP contribution in [0.25, 0.3) is 0 Å². The van der Waals surface area contributed by atoms with E-state index in [0.29, 0.717) is 28.7 Å². The second-order valence-electron chi connectivity index (χ2n) is 4.47. The van der Waals surface area contributed by atoms with Crippen molar-refractivity contribution >= 4 is 39.0 Å². The van der Waals surface area contributed by atoms with Crippen LogP contribution < -0.4 is 4.90 Å². The molecule has 0 amide bonds. The summed E-state index contributed by atoms with van der Waals surface area (Å²) >= 11 is 7.56. The molecule has 0 spiro atoms. The van der Waals surface area contributed by atoms with E-state index in [-0.39, 0.29) is 12.4 Å². The number of rotatable bonds is 4. The molecule has 1 atom stereocenters. The molecule has 1 aliphatic rings. The number of anilines is 1. The lowest BCUT2D eigenvalue weighted by Crippen LogP contribution is -2.48. The first-order valence-electron chi connectivity index (χ1n) is 6.31. The SMILES string of the molecule is CCS(=O)(=O)C1CSCCN1c1cc(CO)c(Cl)cn1. The second-order valence-corrected chi connectivity index (χ2v) is 8.47. The number of aromatic nitrogens is 1. The number of hydrogen-bond donors (Lipinski definition) is 1. The topological polar surface area (TPSA) is 70.5 Å². The number of pyridine rings is 1. The maximum atomic E-state index is 12.2. The average molecular weight is 337 g/mol. The van der Waals surface area contributed by atoms with Gasteiger partial charge in [0.25, 0.3) is 0 Å². The number of hydrogen-bond acceptors (Lipinski definition) is 6. The van der Waals surface area contributed by atoms with Crippen LogP contribution in [-0.2, 0) is 16.4 Å². The van der Waals surface area contributed by atoms with Crippen LogP contribution in [-0.4, -0.2) is 47.7 Å². The van der Waals surface area contributed by atoms with Crippen LogP contribution in [0, 0.1) is 0 Å². The lowest BCUT2D eigenvalue weighted by Gasteiger charge is -2.35. The van der Waals surface area contributed by atoms with E-state index >= 15 is 0 Å². The highest BCUT2D eigenvalue weighted by atomic mass is 35.5. The van der Waals surface area contributed by atoms with E-state index < -0.39 is 15.2 Å². The van der Waals surface area contributed by atoms with Crippen LogP contribution in [0.3, 0.4) is 0 Å². The Balaban J connectivity index is 2.38. The fourth-order valence-corrected chi connectivity index (χ4v) is 5.22. The first-order valence-corrected chi connectivity index (χ1v) is 9.55. The molecule has 2 rings (SSSR count). The Kier molecular flexibility index (Phi) is 5.17. The van der Waals surface area contributed by atoms with E-state index in [2.05, 4.69) is 4.98 Å². The van der Waals surface area contributed by atoms with Crippen molar-refractivity contribution in [3.63, 3.8) is 0 Å². The summed E-state index contributed by atoms with van der Waals surface area (Å²) in [5.74, 6) is 2.05. The standard InChI is InChI=1S/C12H17ClN2O3S2/c1-2-20(17,18)12-8-19-4-3-15(12)11-5-9(7-16)10(13)6-14-11/h5-6,12,16H,2-4,7-8H2,1H3. The molecule has 1 saturated heterocycles. The van der Waals surface area contributed by atoms with Gasteiger partial charge in [-0.2, -0.15) is 11.8 Å². The minimum Gasteiger partial charge on any atom is -0.392 e. The Hall–Kier alpha value is -0.500. The largest absolute Gasteiger partial charge is 0.392 e. The van der Waals surface area contributed by atoms with Gasteiger partial charge in [-0.05, 0) is 6.07 Å². The van der Waals surface area contributed by atoms with Crippen LogP contribution in [0.5, 0.6) is 0 Å². The summed E-state index contributed by atoms with van der Waals surface area (Å²) in [5, 5.41) is 9.08. The van der Waals surface area contributed by atoms with Crippen LogP contribution in [0.15, 0.2) is 12.3 Å². The van der Waals surface area contributed by atoms with Gasteiger partial charge in [0, 0.05) is 35.6 Å². The molecule has 1 aliphatic heterocycles. The quantitative estimate of drug-likeness (QED) is 0.899. The van der Waals surface area contributed by atoms with Gasteiger partial charge in [-0.1, -0.05) is 18.5 Å². The van der Waals surface area contributed by atoms with Crippen molar-refractivity contribution in [2.45, 2.75) is 18.9 Å². The zero-order valence-electron chi connectivity index (χ0n) is 11.1. The molecule has 1 aromatic rings. The molecular weight excluding hydrogens is 320 g/mol. The normalized spacial score (nSPS) is 20.1. The van der Waals surface area contributed by atoms with Gasteiger partial charge in [-0.25, -0.2) is 13.4 Å². The zero-order chi connectivity index (χ0) is 14.8. The molecule has 112 valence electrons. The number of sulfone groups is 1. The third-order valence-electron chi connectivity index (χ3n) is 3.29. The lowest BCUT2D eigenvalue weighted by molar-refractivity contribution is 0.282. The Bertz CT molecular complexity index is 580. The second kappa shape index (κ2) is 6.51. The fraction of sp³-hybridized carbons (Fsp3) is 0.583. The molecule has 1 fully saturated rings. The van der Waals surface area contributed by atoms with Gasteiger partial charge in [0.1, 0.15) is 11.2 Å². The molecule has 0 aromatic carbocycles. The van der Waals surface area contributed by atoms with E-state index in [4.69, 9.17) is 11.6 Å². The molecular formula is C12H17ClN2O3S2. The number of nitrogens with zero attached hydrogens (tertiary/aromatic N) is 2. The van der Waals surface area contributed by atoms with E-state index in [0.717, 1.165) is 5.75 Å². The van der Waals surface area contributed by atoms with Gasteiger partial charge in [0.15, 0.2) is 9.84 Å². The van der Waals surface area contributed by atoms with Gasteiger partial charge in [0.2, 0.25) is 0 Å². The minimum absolute atomic E-state index is 0.106. The Morgan fingerprint density at radius 1 is 1.60 bits per heavy atom. The third-order valence-corrected chi connectivity index (χ3v) is 6.92. The van der Waals surface area contributed by atoms with Gasteiger partial charge in [-0.15, -0.1) is 0 Å². The van der Waals surface area contributed by atoms with Gasteiger partial charge in [0.05, 0.1) is 11.6 Å². The summed E-state index contributed by atoms with van der Waals surface area (Å²) in [6.07, 6.45) is 1.46. The lowest BCUT2D eigenvalue weighted by atomic mass is 10.2. The van der Waals surface area contributed by atoms with Crippen molar-refractivity contribution in [3.05, 3.63) is 22.8 Å². The fourth-order valence-electron chi connectivity index (χ4n) is 2.08. The summed E-state index contributed by atoms with van der Waals surface area (Å²) in [6, 6.07) is 1.66. The summed E-state index contributed by atoms with van der Waals surface area (Å²) in [5.41, 5.74) is 0.558. The van der Waals surface area contributed by atoms with Crippen molar-refractivity contribution in [1.29, 1.82) is 0 Å². The molecule has 0 radical (unpaired) electrons. The van der Waals surface area contributed by atoms with E-state index in [9.17, 15) is 13.5 Å². The maximum Gasteiger partial charge on any atom is 0.171 e. The highest BCUT2D eigenvalue weighted by molar-refractivity contribution is 8.01. The van der Waals surface area contributed by atoms with E-state index in [1.807, 2.05) is 0 Å². The molecule has 2 heterocycles. The molecule has 0 aliphatic carbocycles. The van der Waals surface area contributed by atoms with E-state index in [1.54, 1.807) is 29.7 Å². The number of aliphatic hydroxyl groups is 1. The number of aliphatic hydroxyl groups excluding tert-OH is 1. The molecule has 1 unspecified atom stereocenters. The first-order chi connectivity index (χ1) is 9.49. The maximum absolute atomic E-state index is 12.2. The van der Waals surface area contributed by atoms with E-state index in [1.165, 1.54) is 6.20 Å². The Morgan fingerprint density at radius 3 is 3.00 bits per heavy atom. The molecule has 5 nitrogen and oxygen atoms in total. The predicted molar refractivity (Wildman–Crippen MR) is 83.1 cm³/mol. The van der Waals surface area contributed by atoms with Crippen LogP contribution >= 0.6 is 23.4 Å². The van der Waals surface area contributed by atoms with Crippen LogP contribution in [0.2, 0.25) is 5.02 Å². The summed E-state index contributed by atoms with van der Waals surface area (Å²) in [4.78, 5) is 6.01. The number of thioether (sulfide) groups is 1. The first kappa shape index (κ1) is 15.9. The molecule has 1 aromatic heterocycles. The van der Waals surface area contributed by atoms with Crippen molar-refractivity contribution in [3.8, 4) is 0 Å². The molecule has 8 heteroatoms. The highest BCUT2D eigenvalue weighted by Gasteiger charge is 2.33. The molecule has 0 bridgehead atoms. The smallest absolute Gasteiger partial charge is 0.171 e. The van der Waals surface area contributed by atoms with Gasteiger partial charge < -0.3 is 10.0 Å². The minimum atomic E-state index is -3.18. The van der Waals surface area contributed by atoms with Crippen molar-refractivity contribution in [2.24, 2.45) is 0 Å². The molecule has 20 heavy (non-hydrogen) atoms. The number of halogens is 1. The highest BCUT2D eigenvalue weighted by Crippen LogP contribution is 2.28. The summed E-state index contributed by atoms with van der Waals surface area (Å²) < 4.78 is 24.4. The Labute approximate surface area is 128 Å². The van der Waals surface area contributed by atoms with Crippen molar-refractivity contribution in [1.82, 2.24) is 4.98 Å². The molecule has 1 N–H and O–H groups in total. The van der Waals surface area contributed by atoms with Crippen molar-refractivity contribution in [2.75, 3.05) is 28.7 Å². The Morgan fingerprint density at radius 2 is 2.35 bits per heavy atom. The average Bonchev–Trinajstić information content (AvgIpc) is 2.48. The monoisotopic (exact) mass is 336 g/mol. The van der Waals surface area contributed by atoms with Gasteiger partial charge >= 0.3 is 0 Å².